The average Bonchev–Trinajstić information content (AvgIpc) is 3.49. The van der Waals surface area contributed by atoms with Crippen LogP contribution < -0.4 is 10.2 Å². The lowest BCUT2D eigenvalue weighted by Gasteiger charge is -2.24. The maximum absolute atomic E-state index is 12.8. The third-order valence-corrected chi connectivity index (χ3v) is 7.68. The van der Waals surface area contributed by atoms with Gasteiger partial charge in [-0.2, -0.15) is 0 Å². The fourth-order valence-corrected chi connectivity index (χ4v) is 5.73. The van der Waals surface area contributed by atoms with Crippen LogP contribution in [0.15, 0.2) is 78.9 Å². The highest BCUT2D eigenvalue weighted by molar-refractivity contribution is 8.00. The van der Waals surface area contributed by atoms with Crippen molar-refractivity contribution in [3.8, 4) is 0 Å². The van der Waals surface area contributed by atoms with Crippen molar-refractivity contribution < 1.29 is 14.4 Å². The number of hydrogen-bond acceptors (Lipinski definition) is 4. The first kappa shape index (κ1) is 23.2. The molecule has 0 saturated carbocycles. The van der Waals surface area contributed by atoms with E-state index in [0.29, 0.717) is 30.0 Å². The highest BCUT2D eigenvalue weighted by Gasteiger charge is 2.32. The molecule has 0 aliphatic carbocycles. The lowest BCUT2D eigenvalue weighted by molar-refractivity contribution is -0.128. The van der Waals surface area contributed by atoms with Gasteiger partial charge in [0, 0.05) is 36.4 Å². The van der Waals surface area contributed by atoms with Crippen LogP contribution in [0.1, 0.15) is 39.7 Å². The van der Waals surface area contributed by atoms with Crippen molar-refractivity contribution in [2.24, 2.45) is 0 Å². The number of amides is 3. The Hall–Kier alpha value is -3.58. The summed E-state index contributed by atoms with van der Waals surface area (Å²) in [6.07, 6.45) is 2.28. The Bertz CT molecular complexity index is 1210. The van der Waals surface area contributed by atoms with Crippen molar-refractivity contribution in [2.45, 2.75) is 24.6 Å². The molecule has 178 valence electrons. The average molecular weight is 486 g/mol. The number of benzene rings is 3. The molecule has 5 rings (SSSR count). The summed E-state index contributed by atoms with van der Waals surface area (Å²) < 4.78 is 0. The lowest BCUT2D eigenvalue weighted by atomic mass is 10.1. The largest absolute Gasteiger partial charge is 0.326 e. The molecule has 2 heterocycles. The molecule has 35 heavy (non-hydrogen) atoms. The standard InChI is InChI=1S/C28H27N3O3S/c32-25-7-4-17-30(25)24-14-12-23(13-15-24)29-27(34)21-8-10-22(11-9-21)28-31(26(33)19-35-28)18-16-20-5-2-1-3-6-20/h1-3,5-6,8-15,28H,4,7,16-19H2,(H,29,34). The van der Waals surface area contributed by atoms with Gasteiger partial charge in [0.05, 0.1) is 5.75 Å². The molecular formula is C28H27N3O3S. The number of carbonyl (C=O) groups excluding carboxylic acids is 3. The van der Waals surface area contributed by atoms with Gasteiger partial charge in [-0.15, -0.1) is 11.8 Å². The van der Waals surface area contributed by atoms with Crippen molar-refractivity contribution in [2.75, 3.05) is 29.1 Å². The van der Waals surface area contributed by atoms with Crippen molar-refractivity contribution in [3.63, 3.8) is 0 Å². The van der Waals surface area contributed by atoms with Crippen molar-refractivity contribution >= 4 is 40.9 Å². The lowest BCUT2D eigenvalue weighted by Crippen LogP contribution is -2.30. The molecule has 2 aliphatic heterocycles. The zero-order valence-electron chi connectivity index (χ0n) is 19.4. The van der Waals surface area contributed by atoms with Gasteiger partial charge in [-0.25, -0.2) is 0 Å². The summed E-state index contributed by atoms with van der Waals surface area (Å²) in [5.41, 5.74) is 4.32. The summed E-state index contributed by atoms with van der Waals surface area (Å²) in [5.74, 6) is 0.567. The van der Waals surface area contributed by atoms with Gasteiger partial charge in [0.2, 0.25) is 11.8 Å². The first-order valence-corrected chi connectivity index (χ1v) is 12.9. The molecule has 3 aromatic rings. The van der Waals surface area contributed by atoms with E-state index in [1.54, 1.807) is 28.8 Å². The van der Waals surface area contributed by atoms with E-state index in [-0.39, 0.29) is 23.1 Å². The molecule has 0 spiro atoms. The molecule has 1 atom stereocenters. The molecule has 6 nitrogen and oxygen atoms in total. The van der Waals surface area contributed by atoms with Gasteiger partial charge in [-0.05, 0) is 60.4 Å². The molecule has 1 N–H and O–H groups in total. The third kappa shape index (κ3) is 5.25. The summed E-state index contributed by atoms with van der Waals surface area (Å²) in [4.78, 5) is 40.9. The Kier molecular flexibility index (Phi) is 6.86. The number of thioether (sulfide) groups is 1. The summed E-state index contributed by atoms with van der Waals surface area (Å²) >= 11 is 1.62. The number of anilines is 2. The summed E-state index contributed by atoms with van der Waals surface area (Å²) in [5, 5.41) is 2.88. The molecule has 2 saturated heterocycles. The number of nitrogens with one attached hydrogen (secondary N) is 1. The zero-order valence-corrected chi connectivity index (χ0v) is 20.2. The highest BCUT2D eigenvalue weighted by atomic mass is 32.2. The van der Waals surface area contributed by atoms with Crippen LogP contribution in [0, 0.1) is 0 Å². The minimum absolute atomic E-state index is 0.0378. The molecule has 0 radical (unpaired) electrons. The fraction of sp³-hybridized carbons (Fsp3) is 0.250. The number of rotatable bonds is 7. The Morgan fingerprint density at radius 3 is 2.34 bits per heavy atom. The Balaban J connectivity index is 1.21. The normalized spacial score (nSPS) is 17.8. The predicted octanol–water partition coefficient (Wildman–Crippen LogP) is 4.88. The predicted molar refractivity (Wildman–Crippen MR) is 139 cm³/mol. The van der Waals surface area contributed by atoms with Crippen LogP contribution >= 0.6 is 11.8 Å². The van der Waals surface area contributed by atoms with Crippen LogP contribution in [0.25, 0.3) is 0 Å². The van der Waals surface area contributed by atoms with E-state index < -0.39 is 0 Å². The SMILES string of the molecule is O=C(Nc1ccc(N2CCCC2=O)cc1)c1ccc(C2SCC(=O)N2CCc2ccccc2)cc1. The van der Waals surface area contributed by atoms with Gasteiger partial charge >= 0.3 is 0 Å². The minimum Gasteiger partial charge on any atom is -0.326 e. The van der Waals surface area contributed by atoms with Gasteiger partial charge in [0.25, 0.3) is 5.91 Å². The van der Waals surface area contributed by atoms with Gasteiger partial charge in [0.1, 0.15) is 5.37 Å². The van der Waals surface area contributed by atoms with E-state index in [9.17, 15) is 14.4 Å². The molecule has 0 aromatic heterocycles. The molecule has 7 heteroatoms. The van der Waals surface area contributed by atoms with Crippen LogP contribution in [0.2, 0.25) is 0 Å². The Labute approximate surface area is 209 Å². The van der Waals surface area contributed by atoms with Gasteiger partial charge < -0.3 is 15.1 Å². The quantitative estimate of drug-likeness (QED) is 0.518. The Morgan fingerprint density at radius 2 is 1.66 bits per heavy atom. The smallest absolute Gasteiger partial charge is 0.255 e. The zero-order chi connectivity index (χ0) is 24.2. The molecule has 0 bridgehead atoms. The van der Waals surface area contributed by atoms with Crippen LogP contribution in [-0.4, -0.2) is 41.5 Å². The number of carbonyl (C=O) groups is 3. The summed E-state index contributed by atoms with van der Waals surface area (Å²) in [6.45, 7) is 1.41. The van der Waals surface area contributed by atoms with Crippen LogP contribution in [0.4, 0.5) is 11.4 Å². The van der Waals surface area contributed by atoms with E-state index in [2.05, 4.69) is 17.4 Å². The molecule has 2 aliphatic rings. The minimum atomic E-state index is -0.197. The molecule has 3 amide bonds. The maximum Gasteiger partial charge on any atom is 0.255 e. The molecule has 3 aromatic carbocycles. The first-order valence-electron chi connectivity index (χ1n) is 11.9. The van der Waals surface area contributed by atoms with Crippen LogP contribution in [-0.2, 0) is 16.0 Å². The molecule has 2 fully saturated rings. The van der Waals surface area contributed by atoms with Crippen LogP contribution in [0.5, 0.6) is 0 Å². The van der Waals surface area contributed by atoms with Crippen molar-refractivity contribution in [1.82, 2.24) is 4.90 Å². The van der Waals surface area contributed by atoms with Crippen molar-refractivity contribution in [3.05, 3.63) is 95.6 Å². The second-order valence-corrected chi connectivity index (χ2v) is 9.83. The summed E-state index contributed by atoms with van der Waals surface area (Å²) in [7, 11) is 0. The monoisotopic (exact) mass is 485 g/mol. The molecular weight excluding hydrogens is 458 g/mol. The van der Waals surface area contributed by atoms with Crippen molar-refractivity contribution in [1.29, 1.82) is 0 Å². The highest BCUT2D eigenvalue weighted by Crippen LogP contribution is 2.38. The van der Waals surface area contributed by atoms with Gasteiger partial charge in [0.15, 0.2) is 0 Å². The second-order valence-electron chi connectivity index (χ2n) is 8.76. The molecule has 1 unspecified atom stereocenters. The van der Waals surface area contributed by atoms with E-state index in [0.717, 1.165) is 30.6 Å². The van der Waals surface area contributed by atoms with E-state index in [1.807, 2.05) is 59.5 Å². The van der Waals surface area contributed by atoms with E-state index in [1.165, 1.54) is 5.56 Å². The second kappa shape index (κ2) is 10.4. The summed E-state index contributed by atoms with van der Waals surface area (Å²) in [6, 6.07) is 25.0. The third-order valence-electron chi connectivity index (χ3n) is 6.42. The van der Waals surface area contributed by atoms with Crippen LogP contribution in [0.3, 0.4) is 0 Å². The van der Waals surface area contributed by atoms with E-state index >= 15 is 0 Å². The van der Waals surface area contributed by atoms with Gasteiger partial charge in [-0.1, -0.05) is 42.5 Å². The number of hydrogen-bond donors (Lipinski definition) is 1. The topological polar surface area (TPSA) is 69.7 Å². The number of nitrogens with zero attached hydrogens (tertiary/aromatic N) is 2. The fourth-order valence-electron chi connectivity index (χ4n) is 4.51. The first-order chi connectivity index (χ1) is 17.1. The Morgan fingerprint density at radius 1 is 0.914 bits per heavy atom. The van der Waals surface area contributed by atoms with E-state index in [4.69, 9.17) is 0 Å². The van der Waals surface area contributed by atoms with Gasteiger partial charge in [-0.3, -0.25) is 14.4 Å². The maximum atomic E-state index is 12.8.